The maximum Gasteiger partial charge on any atom is 0.365 e. The number of nitrogens with zero attached hydrogens (tertiary/aromatic N) is 3. The van der Waals surface area contributed by atoms with Crippen molar-refractivity contribution in [2.75, 3.05) is 0 Å². The molecule has 0 saturated heterocycles. The van der Waals surface area contributed by atoms with Crippen molar-refractivity contribution >= 4 is 28.4 Å². The van der Waals surface area contributed by atoms with Gasteiger partial charge in [-0.05, 0) is 30.6 Å². The van der Waals surface area contributed by atoms with Crippen LogP contribution in [-0.2, 0) is 0 Å². The summed E-state index contributed by atoms with van der Waals surface area (Å²) in [6.45, 7) is 1.89. The fourth-order valence-corrected chi connectivity index (χ4v) is 2.13. The van der Waals surface area contributed by atoms with Crippen LogP contribution in [0.4, 0.5) is 0 Å². The fourth-order valence-electron chi connectivity index (χ4n) is 1.71. The molecule has 3 aromatic rings. The molecule has 2 aromatic heterocycles. The lowest BCUT2D eigenvalue weighted by Crippen LogP contribution is -2.09. The zero-order valence-electron chi connectivity index (χ0n) is 10.0. The van der Waals surface area contributed by atoms with Crippen LogP contribution in [0.25, 0.3) is 10.9 Å². The van der Waals surface area contributed by atoms with Gasteiger partial charge in [0.15, 0.2) is 11.4 Å². The summed E-state index contributed by atoms with van der Waals surface area (Å²) in [5.41, 5.74) is 1.74. The van der Waals surface area contributed by atoms with Crippen LogP contribution in [0.2, 0.25) is 0 Å². The molecular formula is C13H9N3O2S. The van der Waals surface area contributed by atoms with Crippen LogP contribution < -0.4 is 4.74 Å². The highest BCUT2D eigenvalue weighted by Crippen LogP contribution is 2.24. The molecule has 0 spiro atoms. The summed E-state index contributed by atoms with van der Waals surface area (Å²) < 4.78 is 8.97. The minimum absolute atomic E-state index is 0.203. The van der Waals surface area contributed by atoms with Gasteiger partial charge in [-0.3, -0.25) is 0 Å². The summed E-state index contributed by atoms with van der Waals surface area (Å²) in [5, 5.41) is 6.15. The third-order valence-corrected chi connectivity index (χ3v) is 3.10. The van der Waals surface area contributed by atoms with E-state index in [4.69, 9.17) is 4.74 Å². The average molecular weight is 271 g/mol. The second-order valence-corrected chi connectivity index (χ2v) is 4.57. The highest BCUT2D eigenvalue weighted by atomic mass is 32.1. The molecule has 0 aliphatic rings. The van der Waals surface area contributed by atoms with Gasteiger partial charge in [-0.25, -0.2) is 9.78 Å². The van der Waals surface area contributed by atoms with Crippen molar-refractivity contribution in [1.29, 1.82) is 0 Å². The Morgan fingerprint density at radius 3 is 2.95 bits per heavy atom. The van der Waals surface area contributed by atoms with E-state index < -0.39 is 5.97 Å². The number of pyridine rings is 1. The Morgan fingerprint density at radius 2 is 2.16 bits per heavy atom. The first-order valence-corrected chi connectivity index (χ1v) is 6.43. The van der Waals surface area contributed by atoms with E-state index in [0.29, 0.717) is 11.3 Å². The highest BCUT2D eigenvalue weighted by molar-refractivity contribution is 7.03. The number of aromatic nitrogens is 3. The van der Waals surface area contributed by atoms with E-state index in [1.54, 1.807) is 11.4 Å². The minimum atomic E-state index is -0.524. The van der Waals surface area contributed by atoms with Gasteiger partial charge in [-0.2, -0.15) is 0 Å². The van der Waals surface area contributed by atoms with Gasteiger partial charge in [0, 0.05) is 16.5 Å². The Kier molecular flexibility index (Phi) is 2.92. The van der Waals surface area contributed by atoms with E-state index in [2.05, 4.69) is 14.6 Å². The second kappa shape index (κ2) is 4.74. The van der Waals surface area contributed by atoms with Gasteiger partial charge < -0.3 is 4.74 Å². The van der Waals surface area contributed by atoms with E-state index in [9.17, 15) is 4.79 Å². The lowest BCUT2D eigenvalue weighted by Gasteiger charge is -2.06. The van der Waals surface area contributed by atoms with Gasteiger partial charge in [0.25, 0.3) is 0 Å². The van der Waals surface area contributed by atoms with Crippen LogP contribution in [0.15, 0.2) is 35.7 Å². The number of ether oxygens (including phenoxy) is 1. The predicted octanol–water partition coefficient (Wildman–Crippen LogP) is 2.61. The molecule has 3 rings (SSSR count). The maximum atomic E-state index is 11.9. The third-order valence-electron chi connectivity index (χ3n) is 2.59. The van der Waals surface area contributed by atoms with Crippen molar-refractivity contribution in [3.8, 4) is 5.75 Å². The molecule has 94 valence electrons. The Labute approximate surface area is 113 Å². The Hall–Kier alpha value is -2.34. The molecule has 2 heterocycles. The summed E-state index contributed by atoms with van der Waals surface area (Å²) in [6.07, 6.45) is 0. The standard InChI is InChI=1S/C13H9N3O2S/c1-8-5-6-9-3-2-4-11(12(9)14-8)18-13(17)10-7-19-16-15-10/h2-7H,1H3. The van der Waals surface area contributed by atoms with E-state index in [1.807, 2.05) is 31.2 Å². The number of esters is 1. The molecule has 0 radical (unpaired) electrons. The van der Waals surface area contributed by atoms with Crippen LogP contribution in [-0.4, -0.2) is 20.5 Å². The molecule has 0 saturated carbocycles. The van der Waals surface area contributed by atoms with Crippen LogP contribution in [0, 0.1) is 6.92 Å². The van der Waals surface area contributed by atoms with E-state index in [0.717, 1.165) is 22.6 Å². The number of fused-ring (bicyclic) bond motifs is 1. The van der Waals surface area contributed by atoms with Gasteiger partial charge in [-0.1, -0.05) is 22.7 Å². The first-order valence-electron chi connectivity index (χ1n) is 5.59. The van der Waals surface area contributed by atoms with Crippen molar-refractivity contribution in [3.05, 3.63) is 47.1 Å². The third kappa shape index (κ3) is 2.30. The number of hydrogen-bond donors (Lipinski definition) is 0. The van der Waals surface area contributed by atoms with Crippen molar-refractivity contribution in [2.24, 2.45) is 0 Å². The normalized spacial score (nSPS) is 10.6. The average Bonchev–Trinajstić information content (AvgIpc) is 2.93. The van der Waals surface area contributed by atoms with Crippen molar-refractivity contribution in [2.45, 2.75) is 6.92 Å². The first kappa shape index (κ1) is 11.7. The smallest absolute Gasteiger partial charge is 0.365 e. The van der Waals surface area contributed by atoms with E-state index >= 15 is 0 Å². The number of para-hydroxylation sites is 1. The number of rotatable bonds is 2. The summed E-state index contributed by atoms with van der Waals surface area (Å²) in [6, 6.07) is 9.31. The molecular weight excluding hydrogens is 262 g/mol. The molecule has 0 N–H and O–H groups in total. The zero-order chi connectivity index (χ0) is 13.2. The lowest BCUT2D eigenvalue weighted by atomic mass is 10.2. The quantitative estimate of drug-likeness (QED) is 0.529. The number of carbonyl (C=O) groups is 1. The number of carbonyl (C=O) groups excluding carboxylic acids is 1. The van der Waals surface area contributed by atoms with Crippen molar-refractivity contribution in [1.82, 2.24) is 14.6 Å². The minimum Gasteiger partial charge on any atom is -0.419 e. The molecule has 0 amide bonds. The van der Waals surface area contributed by atoms with Gasteiger partial charge in [-0.15, -0.1) is 5.10 Å². The van der Waals surface area contributed by atoms with Gasteiger partial charge >= 0.3 is 5.97 Å². The van der Waals surface area contributed by atoms with Crippen LogP contribution in [0.5, 0.6) is 5.75 Å². The Morgan fingerprint density at radius 1 is 1.26 bits per heavy atom. The van der Waals surface area contributed by atoms with Crippen LogP contribution >= 0.6 is 11.5 Å². The SMILES string of the molecule is Cc1ccc2cccc(OC(=O)c3csnn3)c2n1. The topological polar surface area (TPSA) is 65.0 Å². The second-order valence-electron chi connectivity index (χ2n) is 3.96. The molecule has 0 fully saturated rings. The van der Waals surface area contributed by atoms with Gasteiger partial charge in [0.1, 0.15) is 5.52 Å². The monoisotopic (exact) mass is 271 g/mol. The largest absolute Gasteiger partial charge is 0.419 e. The summed E-state index contributed by atoms with van der Waals surface area (Å²) in [5.74, 6) is -0.0937. The van der Waals surface area contributed by atoms with Gasteiger partial charge in [0.05, 0.1) is 0 Å². The summed E-state index contributed by atoms with van der Waals surface area (Å²) in [4.78, 5) is 16.3. The van der Waals surface area contributed by atoms with Crippen LogP contribution in [0.3, 0.4) is 0 Å². The Bertz CT molecular complexity index is 741. The predicted molar refractivity (Wildman–Crippen MR) is 71.3 cm³/mol. The number of benzene rings is 1. The molecule has 0 bridgehead atoms. The first-order chi connectivity index (χ1) is 9.24. The van der Waals surface area contributed by atoms with Crippen molar-refractivity contribution in [3.63, 3.8) is 0 Å². The highest BCUT2D eigenvalue weighted by Gasteiger charge is 2.14. The van der Waals surface area contributed by atoms with Crippen molar-refractivity contribution < 1.29 is 9.53 Å². The maximum absolute atomic E-state index is 11.9. The number of aryl methyl sites for hydroxylation is 1. The molecule has 6 heteroatoms. The lowest BCUT2D eigenvalue weighted by molar-refractivity contribution is 0.0730. The summed E-state index contributed by atoms with van der Waals surface area (Å²) >= 11 is 1.11. The fraction of sp³-hybridized carbons (Fsp3) is 0.0769. The molecule has 5 nitrogen and oxygen atoms in total. The Balaban J connectivity index is 2.01. The van der Waals surface area contributed by atoms with E-state index in [-0.39, 0.29) is 5.69 Å². The zero-order valence-corrected chi connectivity index (χ0v) is 10.8. The molecule has 19 heavy (non-hydrogen) atoms. The van der Waals surface area contributed by atoms with Crippen LogP contribution in [0.1, 0.15) is 16.2 Å². The molecule has 0 aliphatic heterocycles. The van der Waals surface area contributed by atoms with Gasteiger partial charge in [0.2, 0.25) is 0 Å². The number of hydrogen-bond acceptors (Lipinski definition) is 6. The molecule has 1 aromatic carbocycles. The summed E-state index contributed by atoms with van der Waals surface area (Å²) in [7, 11) is 0. The molecule has 0 atom stereocenters. The van der Waals surface area contributed by atoms with E-state index in [1.165, 1.54) is 0 Å². The molecule has 0 aliphatic carbocycles. The molecule has 0 unspecified atom stereocenters.